The number of aliphatic hydroxyl groups is 1. The molecule has 0 bridgehead atoms. The van der Waals surface area contributed by atoms with E-state index in [2.05, 4.69) is 10.0 Å². The van der Waals surface area contributed by atoms with Gasteiger partial charge >= 0.3 is 0 Å². The van der Waals surface area contributed by atoms with E-state index in [-0.39, 0.29) is 12.2 Å². The topological polar surface area (TPSA) is 87.7 Å². The van der Waals surface area contributed by atoms with E-state index < -0.39 is 16.1 Å². The van der Waals surface area contributed by atoms with Gasteiger partial charge in [0, 0.05) is 19.6 Å². The van der Waals surface area contributed by atoms with Gasteiger partial charge in [0.2, 0.25) is 10.0 Å². The minimum absolute atomic E-state index is 0.260. The van der Waals surface area contributed by atoms with Crippen LogP contribution in [0.1, 0.15) is 20.8 Å². The molecular formula is C10H24N2O4S. The van der Waals surface area contributed by atoms with Gasteiger partial charge in [-0.05, 0) is 20.8 Å². The van der Waals surface area contributed by atoms with Crippen molar-refractivity contribution in [2.75, 3.05) is 32.5 Å². The van der Waals surface area contributed by atoms with Crippen LogP contribution in [0.2, 0.25) is 0 Å². The molecule has 1 unspecified atom stereocenters. The third-order valence-corrected chi connectivity index (χ3v) is 2.48. The minimum Gasteiger partial charge on any atom is -0.389 e. The van der Waals surface area contributed by atoms with Gasteiger partial charge in [-0.25, -0.2) is 13.1 Å². The minimum atomic E-state index is -3.13. The Bertz CT molecular complexity index is 298. The molecule has 0 aromatic carbocycles. The second-order valence-electron chi connectivity index (χ2n) is 4.95. The molecule has 0 fully saturated rings. The van der Waals surface area contributed by atoms with Crippen molar-refractivity contribution in [3.05, 3.63) is 0 Å². The SMILES string of the molecule is CC(C)(C)OCC(O)CNCCNS(C)(=O)=O. The second-order valence-corrected chi connectivity index (χ2v) is 6.78. The number of aliphatic hydroxyl groups excluding tert-OH is 1. The lowest BCUT2D eigenvalue weighted by Crippen LogP contribution is -2.37. The van der Waals surface area contributed by atoms with E-state index in [0.29, 0.717) is 19.6 Å². The monoisotopic (exact) mass is 268 g/mol. The first-order valence-electron chi connectivity index (χ1n) is 5.57. The van der Waals surface area contributed by atoms with Gasteiger partial charge in [0.1, 0.15) is 0 Å². The van der Waals surface area contributed by atoms with E-state index in [1.807, 2.05) is 20.8 Å². The van der Waals surface area contributed by atoms with Crippen LogP contribution in [0.15, 0.2) is 0 Å². The van der Waals surface area contributed by atoms with E-state index >= 15 is 0 Å². The summed E-state index contributed by atoms with van der Waals surface area (Å²) in [4.78, 5) is 0. The van der Waals surface area contributed by atoms with Gasteiger partial charge in [0.05, 0.1) is 24.6 Å². The first kappa shape index (κ1) is 16.8. The molecule has 0 rings (SSSR count). The third kappa shape index (κ3) is 13.7. The summed E-state index contributed by atoms with van der Waals surface area (Å²) in [5.41, 5.74) is -0.265. The predicted molar refractivity (Wildman–Crippen MR) is 67.4 cm³/mol. The van der Waals surface area contributed by atoms with E-state index in [4.69, 9.17) is 4.74 Å². The molecule has 0 radical (unpaired) electrons. The lowest BCUT2D eigenvalue weighted by atomic mass is 10.2. The van der Waals surface area contributed by atoms with Gasteiger partial charge in [-0.3, -0.25) is 0 Å². The Labute approximate surface area is 104 Å². The molecule has 0 heterocycles. The van der Waals surface area contributed by atoms with Crippen LogP contribution in [0.3, 0.4) is 0 Å². The molecule has 0 saturated carbocycles. The summed E-state index contributed by atoms with van der Waals surface area (Å²) in [6.07, 6.45) is 0.520. The third-order valence-electron chi connectivity index (χ3n) is 1.75. The van der Waals surface area contributed by atoms with E-state index in [0.717, 1.165) is 6.26 Å². The fourth-order valence-electron chi connectivity index (χ4n) is 0.999. The average Bonchev–Trinajstić information content (AvgIpc) is 2.11. The number of ether oxygens (including phenoxy) is 1. The zero-order valence-corrected chi connectivity index (χ0v) is 11.8. The number of sulfonamides is 1. The Morgan fingerprint density at radius 2 is 1.88 bits per heavy atom. The summed E-state index contributed by atoms with van der Waals surface area (Å²) in [5.74, 6) is 0. The zero-order valence-electron chi connectivity index (χ0n) is 11.0. The van der Waals surface area contributed by atoms with Crippen LogP contribution in [0.4, 0.5) is 0 Å². The van der Waals surface area contributed by atoms with Crippen molar-refractivity contribution in [2.24, 2.45) is 0 Å². The largest absolute Gasteiger partial charge is 0.389 e. The Kier molecular flexibility index (Phi) is 7.18. The maximum absolute atomic E-state index is 10.7. The molecule has 0 amide bonds. The second kappa shape index (κ2) is 7.27. The van der Waals surface area contributed by atoms with Gasteiger partial charge < -0.3 is 15.2 Å². The van der Waals surface area contributed by atoms with E-state index in [1.54, 1.807) is 0 Å². The average molecular weight is 268 g/mol. The predicted octanol–water partition coefficient (Wildman–Crippen LogP) is -0.699. The molecule has 0 aliphatic rings. The van der Waals surface area contributed by atoms with Gasteiger partial charge in [-0.1, -0.05) is 0 Å². The molecule has 0 aromatic heterocycles. The Morgan fingerprint density at radius 3 is 2.35 bits per heavy atom. The van der Waals surface area contributed by atoms with Crippen LogP contribution in [-0.4, -0.2) is 57.7 Å². The molecule has 0 spiro atoms. The Hall–Kier alpha value is -0.210. The van der Waals surface area contributed by atoms with Crippen molar-refractivity contribution >= 4 is 10.0 Å². The highest BCUT2D eigenvalue weighted by atomic mass is 32.2. The fourth-order valence-corrected chi connectivity index (χ4v) is 1.47. The van der Waals surface area contributed by atoms with E-state index in [1.165, 1.54) is 0 Å². The summed E-state index contributed by atoms with van der Waals surface area (Å²) in [6, 6.07) is 0. The van der Waals surface area contributed by atoms with Crippen molar-refractivity contribution in [1.82, 2.24) is 10.0 Å². The van der Waals surface area contributed by atoms with Crippen molar-refractivity contribution in [2.45, 2.75) is 32.5 Å². The molecule has 7 heteroatoms. The molecule has 0 aromatic rings. The highest BCUT2D eigenvalue weighted by molar-refractivity contribution is 7.88. The van der Waals surface area contributed by atoms with Crippen molar-refractivity contribution in [3.63, 3.8) is 0 Å². The molecule has 3 N–H and O–H groups in total. The molecule has 0 aliphatic carbocycles. The normalized spacial score (nSPS) is 14.9. The molecule has 6 nitrogen and oxygen atoms in total. The van der Waals surface area contributed by atoms with Crippen molar-refractivity contribution < 1.29 is 18.3 Å². The maximum atomic E-state index is 10.7. The summed E-state index contributed by atoms with van der Waals surface area (Å²) in [6.45, 7) is 7.18. The summed E-state index contributed by atoms with van der Waals surface area (Å²) in [5, 5.41) is 12.5. The van der Waals surface area contributed by atoms with Gasteiger partial charge in [0.15, 0.2) is 0 Å². The Balaban J connectivity index is 3.49. The van der Waals surface area contributed by atoms with Crippen LogP contribution in [-0.2, 0) is 14.8 Å². The first-order valence-corrected chi connectivity index (χ1v) is 7.47. The van der Waals surface area contributed by atoms with Gasteiger partial charge in [-0.15, -0.1) is 0 Å². The van der Waals surface area contributed by atoms with Gasteiger partial charge in [-0.2, -0.15) is 0 Å². The van der Waals surface area contributed by atoms with Crippen LogP contribution in [0.5, 0.6) is 0 Å². The summed E-state index contributed by atoms with van der Waals surface area (Å²) in [7, 11) is -3.13. The molecule has 104 valence electrons. The van der Waals surface area contributed by atoms with Crippen LogP contribution in [0, 0.1) is 0 Å². The lowest BCUT2D eigenvalue weighted by molar-refractivity contribution is -0.0477. The first-order chi connectivity index (χ1) is 7.60. The maximum Gasteiger partial charge on any atom is 0.208 e. The molecule has 1 atom stereocenters. The Morgan fingerprint density at radius 1 is 1.29 bits per heavy atom. The van der Waals surface area contributed by atoms with Crippen LogP contribution < -0.4 is 10.0 Å². The van der Waals surface area contributed by atoms with Crippen LogP contribution >= 0.6 is 0 Å². The highest BCUT2D eigenvalue weighted by Crippen LogP contribution is 2.06. The quantitative estimate of drug-likeness (QED) is 0.507. The van der Waals surface area contributed by atoms with Crippen molar-refractivity contribution in [1.29, 1.82) is 0 Å². The van der Waals surface area contributed by atoms with Crippen LogP contribution in [0.25, 0.3) is 0 Å². The van der Waals surface area contributed by atoms with Crippen molar-refractivity contribution in [3.8, 4) is 0 Å². The highest BCUT2D eigenvalue weighted by Gasteiger charge is 2.13. The number of nitrogens with one attached hydrogen (secondary N) is 2. The van der Waals surface area contributed by atoms with E-state index in [9.17, 15) is 13.5 Å². The summed E-state index contributed by atoms with van der Waals surface area (Å²) >= 11 is 0. The summed E-state index contributed by atoms with van der Waals surface area (Å²) < 4.78 is 29.2. The number of hydrogen-bond acceptors (Lipinski definition) is 5. The smallest absolute Gasteiger partial charge is 0.208 e. The molecule has 0 aliphatic heterocycles. The standard InChI is InChI=1S/C10H24N2O4S/c1-10(2,3)16-8-9(13)7-11-5-6-12-17(4,14)15/h9,11-13H,5-8H2,1-4H3. The molecule has 17 heavy (non-hydrogen) atoms. The van der Waals surface area contributed by atoms with Gasteiger partial charge in [0.25, 0.3) is 0 Å². The fraction of sp³-hybridized carbons (Fsp3) is 1.00. The molecule has 0 saturated heterocycles. The number of rotatable bonds is 8. The number of hydrogen-bond donors (Lipinski definition) is 3. The zero-order chi connectivity index (χ0) is 13.5. The molecular weight excluding hydrogens is 244 g/mol. The lowest BCUT2D eigenvalue weighted by Gasteiger charge is -2.22.